The van der Waals surface area contributed by atoms with Crippen LogP contribution in [0.2, 0.25) is 0 Å². The average Bonchev–Trinajstić information content (AvgIpc) is 3.50. The Hall–Kier alpha value is -3.10. The fourth-order valence-corrected chi connectivity index (χ4v) is 5.29. The van der Waals surface area contributed by atoms with E-state index in [1.807, 2.05) is 0 Å². The Labute approximate surface area is 184 Å². The first-order chi connectivity index (χ1) is 15.5. The van der Waals surface area contributed by atoms with Crippen LogP contribution >= 0.6 is 0 Å². The lowest BCUT2D eigenvalue weighted by Gasteiger charge is -2.33. The third-order valence-electron chi connectivity index (χ3n) is 6.88. The molecule has 0 N–H and O–H groups in total. The van der Waals surface area contributed by atoms with Crippen LogP contribution in [-0.4, -0.2) is 71.9 Å². The molecule has 0 bridgehead atoms. The molecule has 2 fully saturated rings. The summed E-state index contributed by atoms with van der Waals surface area (Å²) in [5.74, 6) is -1.65. The molecule has 2 unspecified atom stereocenters. The lowest BCUT2D eigenvalue weighted by Crippen LogP contribution is -2.46. The Balaban J connectivity index is 1.43. The van der Waals surface area contributed by atoms with E-state index in [9.17, 15) is 19.2 Å². The Morgan fingerprint density at radius 1 is 0.625 bits per heavy atom. The van der Waals surface area contributed by atoms with Gasteiger partial charge in [0.25, 0.3) is 23.6 Å². The van der Waals surface area contributed by atoms with Crippen LogP contribution in [0.5, 0.6) is 0 Å². The van der Waals surface area contributed by atoms with Gasteiger partial charge in [-0.3, -0.25) is 29.0 Å². The molecule has 0 aliphatic carbocycles. The average molecular weight is 434 g/mol. The highest BCUT2D eigenvalue weighted by molar-refractivity contribution is 6.33. The minimum atomic E-state index is -0.414. The molecule has 0 radical (unpaired) electrons. The monoisotopic (exact) mass is 434 g/mol. The maximum Gasteiger partial charge on any atom is 0.261 e. The zero-order chi connectivity index (χ0) is 22.0. The molecule has 0 spiro atoms. The summed E-state index contributed by atoms with van der Waals surface area (Å²) in [4.78, 5) is 55.4. The molecule has 6 rings (SSSR count). The van der Waals surface area contributed by atoms with E-state index in [2.05, 4.69) is 0 Å². The third-order valence-corrected chi connectivity index (χ3v) is 6.88. The lowest BCUT2D eigenvalue weighted by molar-refractivity contribution is 0.0424. The Bertz CT molecular complexity index is 1030. The Morgan fingerprint density at radius 3 is 1.25 bits per heavy atom. The van der Waals surface area contributed by atoms with Crippen LogP contribution in [0.1, 0.15) is 67.1 Å². The molecular formula is C24H22N2O6. The molecule has 164 valence electrons. The molecule has 2 atom stereocenters. The van der Waals surface area contributed by atoms with E-state index in [0.717, 1.165) is 25.7 Å². The molecule has 8 heteroatoms. The first kappa shape index (κ1) is 19.6. The van der Waals surface area contributed by atoms with Gasteiger partial charge >= 0.3 is 0 Å². The van der Waals surface area contributed by atoms with Gasteiger partial charge in [0.2, 0.25) is 0 Å². The topological polar surface area (TPSA) is 93.2 Å². The highest BCUT2D eigenvalue weighted by Crippen LogP contribution is 2.38. The number of imide groups is 2. The second kappa shape index (κ2) is 7.21. The van der Waals surface area contributed by atoms with Gasteiger partial charge in [0.05, 0.1) is 25.3 Å². The summed E-state index contributed by atoms with van der Waals surface area (Å²) in [6.45, 7) is 1.67. The van der Waals surface area contributed by atoms with Crippen molar-refractivity contribution >= 4 is 34.4 Å². The second-order valence-corrected chi connectivity index (χ2v) is 8.78. The van der Waals surface area contributed by atoms with Gasteiger partial charge in [-0.05, 0) is 49.9 Å². The highest BCUT2D eigenvalue weighted by Gasteiger charge is 2.41. The predicted octanol–water partition coefficient (Wildman–Crippen LogP) is 2.39. The second-order valence-electron chi connectivity index (χ2n) is 8.78. The van der Waals surface area contributed by atoms with Crippen LogP contribution in [0.3, 0.4) is 0 Å². The van der Waals surface area contributed by atoms with Crippen LogP contribution in [-0.2, 0) is 9.47 Å². The fourth-order valence-electron chi connectivity index (χ4n) is 5.29. The normalized spacial score (nSPS) is 24.9. The van der Waals surface area contributed by atoms with E-state index in [0.29, 0.717) is 46.2 Å². The number of hydrogen-bond acceptors (Lipinski definition) is 6. The number of carbonyl (C=O) groups is 4. The number of ether oxygens (including phenoxy) is 2. The van der Waals surface area contributed by atoms with Gasteiger partial charge in [0.15, 0.2) is 0 Å². The third kappa shape index (κ3) is 2.76. The first-order valence-corrected chi connectivity index (χ1v) is 11.1. The molecular weight excluding hydrogens is 412 g/mol. The van der Waals surface area contributed by atoms with E-state index < -0.39 is 23.6 Å². The quantitative estimate of drug-likeness (QED) is 0.686. The summed E-state index contributed by atoms with van der Waals surface area (Å²) in [5.41, 5.74) is 1.36. The van der Waals surface area contributed by atoms with Crippen molar-refractivity contribution in [3.63, 3.8) is 0 Å². The SMILES string of the molecule is O=C1c2ccc3c4c(ccc(c24)C(=O)N1CC1CCCO1)C(=O)N(CC1CCCO1)C3=O. The van der Waals surface area contributed by atoms with Crippen molar-refractivity contribution in [2.24, 2.45) is 0 Å². The number of amides is 4. The number of hydrogen-bond donors (Lipinski definition) is 0. The summed E-state index contributed by atoms with van der Waals surface area (Å²) < 4.78 is 11.2. The molecule has 0 saturated carbocycles. The standard InChI is InChI=1S/C24H22N2O6/c27-21-15-5-7-17-20-18(24(30)26(23(17)29)12-14-4-2-10-32-14)8-6-16(19(15)20)22(28)25(21)11-13-3-1-9-31-13/h5-8,13-14H,1-4,9-12H2. The minimum Gasteiger partial charge on any atom is -0.376 e. The minimum absolute atomic E-state index is 0.160. The van der Waals surface area contributed by atoms with Crippen molar-refractivity contribution in [1.82, 2.24) is 9.80 Å². The number of rotatable bonds is 4. The van der Waals surface area contributed by atoms with Crippen LogP contribution < -0.4 is 0 Å². The maximum atomic E-state index is 13.2. The molecule has 0 aromatic heterocycles. The van der Waals surface area contributed by atoms with Crippen LogP contribution in [0, 0.1) is 0 Å². The van der Waals surface area contributed by atoms with Crippen LogP contribution in [0.25, 0.3) is 10.8 Å². The van der Waals surface area contributed by atoms with Gasteiger partial charge in [0, 0.05) is 46.2 Å². The van der Waals surface area contributed by atoms with Crippen molar-refractivity contribution in [1.29, 1.82) is 0 Å². The van der Waals surface area contributed by atoms with Crippen molar-refractivity contribution < 1.29 is 28.7 Å². The molecule has 32 heavy (non-hydrogen) atoms. The number of carbonyl (C=O) groups excluding carboxylic acids is 4. The first-order valence-electron chi connectivity index (χ1n) is 11.1. The predicted molar refractivity (Wildman–Crippen MR) is 113 cm³/mol. The van der Waals surface area contributed by atoms with Crippen molar-refractivity contribution in [3.8, 4) is 0 Å². The van der Waals surface area contributed by atoms with E-state index in [1.165, 1.54) is 9.80 Å². The smallest absolute Gasteiger partial charge is 0.261 e. The summed E-state index contributed by atoms with van der Waals surface area (Å²) in [6, 6.07) is 6.39. The van der Waals surface area contributed by atoms with Crippen molar-refractivity contribution in [3.05, 3.63) is 46.5 Å². The van der Waals surface area contributed by atoms with Gasteiger partial charge in [-0.2, -0.15) is 0 Å². The summed E-state index contributed by atoms with van der Waals surface area (Å²) in [5, 5.41) is 0.800. The summed E-state index contributed by atoms with van der Waals surface area (Å²) >= 11 is 0. The zero-order valence-corrected chi connectivity index (χ0v) is 17.5. The van der Waals surface area contributed by atoms with Crippen molar-refractivity contribution in [2.45, 2.75) is 37.9 Å². The molecule has 2 saturated heterocycles. The van der Waals surface area contributed by atoms with E-state index in [1.54, 1.807) is 24.3 Å². The molecule has 4 heterocycles. The molecule has 4 aliphatic rings. The maximum absolute atomic E-state index is 13.2. The van der Waals surface area contributed by atoms with Crippen molar-refractivity contribution in [2.75, 3.05) is 26.3 Å². The largest absolute Gasteiger partial charge is 0.376 e. The zero-order valence-electron chi connectivity index (χ0n) is 17.5. The molecule has 2 aromatic carbocycles. The number of nitrogens with zero attached hydrogens (tertiary/aromatic N) is 2. The van der Waals surface area contributed by atoms with E-state index in [-0.39, 0.29) is 25.3 Å². The number of benzene rings is 2. The Kier molecular flexibility index (Phi) is 4.41. The van der Waals surface area contributed by atoms with Gasteiger partial charge in [-0.25, -0.2) is 0 Å². The van der Waals surface area contributed by atoms with Gasteiger partial charge in [-0.1, -0.05) is 0 Å². The molecule has 4 amide bonds. The fraction of sp³-hybridized carbons (Fsp3) is 0.417. The van der Waals surface area contributed by atoms with Gasteiger partial charge in [-0.15, -0.1) is 0 Å². The van der Waals surface area contributed by atoms with Crippen LogP contribution in [0.15, 0.2) is 24.3 Å². The van der Waals surface area contributed by atoms with Gasteiger partial charge in [0.1, 0.15) is 0 Å². The molecule has 4 aliphatic heterocycles. The summed E-state index contributed by atoms with van der Waals surface area (Å²) in [7, 11) is 0. The molecule has 2 aromatic rings. The summed E-state index contributed by atoms with van der Waals surface area (Å²) in [6.07, 6.45) is 3.11. The lowest BCUT2D eigenvalue weighted by atomic mass is 9.85. The van der Waals surface area contributed by atoms with Crippen LogP contribution in [0.4, 0.5) is 0 Å². The van der Waals surface area contributed by atoms with E-state index >= 15 is 0 Å². The van der Waals surface area contributed by atoms with Gasteiger partial charge < -0.3 is 9.47 Å². The van der Waals surface area contributed by atoms with E-state index in [4.69, 9.17) is 9.47 Å². The highest BCUT2D eigenvalue weighted by atomic mass is 16.5. The Morgan fingerprint density at radius 2 is 0.969 bits per heavy atom. The molecule has 8 nitrogen and oxygen atoms in total.